The second-order valence-corrected chi connectivity index (χ2v) is 5.51. The summed E-state index contributed by atoms with van der Waals surface area (Å²) in [5, 5.41) is 5.91. The van der Waals surface area contributed by atoms with Gasteiger partial charge in [0.15, 0.2) is 0 Å². The van der Waals surface area contributed by atoms with Crippen LogP contribution in [0, 0.1) is 11.7 Å². The molecule has 4 nitrogen and oxygen atoms in total. The number of nitrogens with one attached hydrogen (secondary N) is 2. The monoisotopic (exact) mass is 301 g/mol. The quantitative estimate of drug-likeness (QED) is 0.850. The molecule has 0 aliphatic carbocycles. The Labute approximate surface area is 129 Å². The predicted molar refractivity (Wildman–Crippen MR) is 86.5 cm³/mol. The molecule has 116 valence electrons. The maximum atomic E-state index is 13.1. The van der Waals surface area contributed by atoms with Crippen LogP contribution in [0.1, 0.15) is 30.6 Å². The van der Waals surface area contributed by atoms with Crippen molar-refractivity contribution < 1.29 is 9.18 Å². The molecule has 2 N–H and O–H groups in total. The smallest absolute Gasteiger partial charge is 0.255 e. The Hall–Kier alpha value is -2.43. The molecule has 1 amide bonds. The third-order valence-corrected chi connectivity index (χ3v) is 3.14. The van der Waals surface area contributed by atoms with Crippen LogP contribution >= 0.6 is 0 Å². The molecule has 0 atom stereocenters. The zero-order valence-corrected chi connectivity index (χ0v) is 12.8. The van der Waals surface area contributed by atoms with Crippen molar-refractivity contribution in [3.8, 4) is 0 Å². The van der Waals surface area contributed by atoms with Crippen LogP contribution in [0.4, 0.5) is 15.9 Å². The highest BCUT2D eigenvalue weighted by molar-refractivity contribution is 6.04. The van der Waals surface area contributed by atoms with Gasteiger partial charge < -0.3 is 10.6 Å². The zero-order chi connectivity index (χ0) is 15.9. The molecule has 0 radical (unpaired) electrons. The second kappa shape index (κ2) is 7.54. The third-order valence-electron chi connectivity index (χ3n) is 3.14. The van der Waals surface area contributed by atoms with Crippen molar-refractivity contribution in [3.05, 3.63) is 54.0 Å². The van der Waals surface area contributed by atoms with Crippen molar-refractivity contribution >= 4 is 17.4 Å². The normalized spacial score (nSPS) is 10.5. The summed E-state index contributed by atoms with van der Waals surface area (Å²) in [4.78, 5) is 16.2. The van der Waals surface area contributed by atoms with Gasteiger partial charge in [0.2, 0.25) is 0 Å². The molecule has 0 fully saturated rings. The molecule has 2 rings (SSSR count). The molecule has 0 spiro atoms. The Morgan fingerprint density at radius 1 is 1.27 bits per heavy atom. The van der Waals surface area contributed by atoms with Crippen molar-refractivity contribution in [3.63, 3.8) is 0 Å². The lowest BCUT2D eigenvalue weighted by Gasteiger charge is -2.09. The largest absolute Gasteiger partial charge is 0.370 e. The number of halogens is 1. The number of pyridine rings is 1. The highest BCUT2D eigenvalue weighted by Crippen LogP contribution is 2.12. The van der Waals surface area contributed by atoms with Gasteiger partial charge in [-0.2, -0.15) is 0 Å². The molecule has 0 unspecified atom stereocenters. The fourth-order valence-electron chi connectivity index (χ4n) is 1.89. The Morgan fingerprint density at radius 3 is 2.73 bits per heavy atom. The summed E-state index contributed by atoms with van der Waals surface area (Å²) >= 11 is 0. The lowest BCUT2D eigenvalue weighted by molar-refractivity contribution is 0.102. The molecule has 0 aliphatic heterocycles. The number of hydrogen-bond donors (Lipinski definition) is 2. The van der Waals surface area contributed by atoms with Gasteiger partial charge in [-0.3, -0.25) is 4.79 Å². The van der Waals surface area contributed by atoms with Gasteiger partial charge in [-0.05, 0) is 42.7 Å². The lowest BCUT2D eigenvalue weighted by Crippen LogP contribution is -2.12. The molecule has 0 saturated heterocycles. The van der Waals surface area contributed by atoms with Crippen molar-refractivity contribution in [1.82, 2.24) is 4.98 Å². The first-order chi connectivity index (χ1) is 10.5. The molecule has 1 aromatic carbocycles. The molecule has 2 aromatic rings. The Morgan fingerprint density at radius 2 is 2.09 bits per heavy atom. The highest BCUT2D eigenvalue weighted by Gasteiger charge is 2.07. The van der Waals surface area contributed by atoms with E-state index in [1.54, 1.807) is 18.3 Å². The van der Waals surface area contributed by atoms with Crippen LogP contribution in [0.5, 0.6) is 0 Å². The standard InChI is InChI=1S/C17H20FN3O/c1-12(2)8-9-19-16-7-6-15(11-20-16)21-17(22)13-4-3-5-14(18)10-13/h3-7,10-12H,8-9H2,1-2H3,(H,19,20)(H,21,22). The van der Waals surface area contributed by atoms with E-state index in [1.165, 1.54) is 18.2 Å². The van der Waals surface area contributed by atoms with E-state index in [0.29, 0.717) is 11.6 Å². The van der Waals surface area contributed by atoms with E-state index in [4.69, 9.17) is 0 Å². The minimum absolute atomic E-state index is 0.277. The molecular formula is C17H20FN3O. The van der Waals surface area contributed by atoms with E-state index >= 15 is 0 Å². The van der Waals surface area contributed by atoms with Gasteiger partial charge in [0.1, 0.15) is 11.6 Å². The van der Waals surface area contributed by atoms with Gasteiger partial charge in [0.05, 0.1) is 11.9 Å². The summed E-state index contributed by atoms with van der Waals surface area (Å²) in [5.41, 5.74) is 0.850. The Kier molecular flexibility index (Phi) is 5.47. The number of aromatic nitrogens is 1. The van der Waals surface area contributed by atoms with Gasteiger partial charge in [-0.25, -0.2) is 9.37 Å². The molecule has 0 saturated carbocycles. The van der Waals surface area contributed by atoms with E-state index in [0.717, 1.165) is 18.8 Å². The Balaban J connectivity index is 1.92. The minimum atomic E-state index is -0.435. The summed E-state index contributed by atoms with van der Waals surface area (Å²) in [5.74, 6) is 0.610. The fraction of sp³-hybridized carbons (Fsp3) is 0.294. The number of benzene rings is 1. The minimum Gasteiger partial charge on any atom is -0.370 e. The summed E-state index contributed by atoms with van der Waals surface area (Å²) < 4.78 is 13.1. The van der Waals surface area contributed by atoms with Crippen molar-refractivity contribution in [2.75, 3.05) is 17.2 Å². The molecule has 1 heterocycles. The lowest BCUT2D eigenvalue weighted by atomic mass is 10.1. The topological polar surface area (TPSA) is 54.0 Å². The van der Waals surface area contributed by atoms with Crippen LogP contribution in [-0.4, -0.2) is 17.4 Å². The van der Waals surface area contributed by atoms with Crippen molar-refractivity contribution in [1.29, 1.82) is 0 Å². The number of nitrogens with zero attached hydrogens (tertiary/aromatic N) is 1. The first-order valence-electron chi connectivity index (χ1n) is 7.31. The van der Waals surface area contributed by atoms with E-state index in [1.807, 2.05) is 6.07 Å². The first-order valence-corrected chi connectivity index (χ1v) is 7.31. The summed E-state index contributed by atoms with van der Waals surface area (Å²) in [7, 11) is 0. The van der Waals surface area contributed by atoms with Gasteiger partial charge in [0, 0.05) is 12.1 Å². The predicted octanol–water partition coefficient (Wildman–Crippen LogP) is 3.93. The van der Waals surface area contributed by atoms with Gasteiger partial charge >= 0.3 is 0 Å². The van der Waals surface area contributed by atoms with Crippen LogP contribution in [0.25, 0.3) is 0 Å². The van der Waals surface area contributed by atoms with Crippen molar-refractivity contribution in [2.24, 2.45) is 5.92 Å². The van der Waals surface area contributed by atoms with Gasteiger partial charge in [-0.1, -0.05) is 19.9 Å². The Bertz CT molecular complexity index is 626. The van der Waals surface area contributed by atoms with Crippen LogP contribution in [0.3, 0.4) is 0 Å². The summed E-state index contributed by atoms with van der Waals surface area (Å²) in [6.45, 7) is 5.19. The number of hydrogen-bond acceptors (Lipinski definition) is 3. The average molecular weight is 301 g/mol. The number of anilines is 2. The molecule has 5 heteroatoms. The molecule has 1 aromatic heterocycles. The van der Waals surface area contributed by atoms with Gasteiger partial charge in [0.25, 0.3) is 5.91 Å². The van der Waals surface area contributed by atoms with E-state index in [9.17, 15) is 9.18 Å². The fourth-order valence-corrected chi connectivity index (χ4v) is 1.89. The van der Waals surface area contributed by atoms with E-state index in [-0.39, 0.29) is 11.5 Å². The first kappa shape index (κ1) is 15.9. The molecule has 0 aliphatic rings. The number of carbonyl (C=O) groups excluding carboxylic acids is 1. The molecule has 0 bridgehead atoms. The SMILES string of the molecule is CC(C)CCNc1ccc(NC(=O)c2cccc(F)c2)cn1. The summed E-state index contributed by atoms with van der Waals surface area (Å²) in [6, 6.07) is 9.14. The number of carbonyl (C=O) groups is 1. The maximum absolute atomic E-state index is 13.1. The van der Waals surface area contributed by atoms with E-state index < -0.39 is 5.82 Å². The highest BCUT2D eigenvalue weighted by atomic mass is 19.1. The number of rotatable bonds is 6. The summed E-state index contributed by atoms with van der Waals surface area (Å²) in [6.07, 6.45) is 2.65. The molecular weight excluding hydrogens is 281 g/mol. The van der Waals surface area contributed by atoms with Crippen LogP contribution in [0.2, 0.25) is 0 Å². The third kappa shape index (κ3) is 4.84. The number of amides is 1. The molecule has 22 heavy (non-hydrogen) atoms. The van der Waals surface area contributed by atoms with Crippen LogP contribution < -0.4 is 10.6 Å². The van der Waals surface area contributed by atoms with Gasteiger partial charge in [-0.15, -0.1) is 0 Å². The average Bonchev–Trinajstić information content (AvgIpc) is 2.48. The van der Waals surface area contributed by atoms with Crippen LogP contribution in [-0.2, 0) is 0 Å². The van der Waals surface area contributed by atoms with Crippen LogP contribution in [0.15, 0.2) is 42.6 Å². The zero-order valence-electron chi connectivity index (χ0n) is 12.8. The second-order valence-electron chi connectivity index (χ2n) is 5.51. The maximum Gasteiger partial charge on any atom is 0.255 e. The van der Waals surface area contributed by atoms with Crippen molar-refractivity contribution in [2.45, 2.75) is 20.3 Å². The van der Waals surface area contributed by atoms with E-state index in [2.05, 4.69) is 29.5 Å².